The van der Waals surface area contributed by atoms with E-state index in [4.69, 9.17) is 0 Å². The van der Waals surface area contributed by atoms with Crippen LogP contribution in [-0.2, 0) is 9.59 Å². The summed E-state index contributed by atoms with van der Waals surface area (Å²) in [6.07, 6.45) is 10.3. The molecule has 4 nitrogen and oxygen atoms in total. The highest BCUT2D eigenvalue weighted by molar-refractivity contribution is 6.07. The van der Waals surface area contributed by atoms with Crippen molar-refractivity contribution in [3.63, 3.8) is 0 Å². The highest BCUT2D eigenvalue weighted by atomic mass is 16.2. The summed E-state index contributed by atoms with van der Waals surface area (Å²) in [6.45, 7) is 0. The number of rotatable bonds is 3. The number of carbonyl (C=O) groups excluding carboxylic acids is 2. The van der Waals surface area contributed by atoms with Gasteiger partial charge in [0.1, 0.15) is 5.41 Å². The highest BCUT2D eigenvalue weighted by Crippen LogP contribution is 2.47. The summed E-state index contributed by atoms with van der Waals surface area (Å²) in [5.74, 6) is 1.56. The highest BCUT2D eigenvalue weighted by Gasteiger charge is 2.56. The van der Waals surface area contributed by atoms with E-state index in [1.54, 1.807) is 7.05 Å². The molecule has 112 valence electrons. The van der Waals surface area contributed by atoms with E-state index in [9.17, 15) is 9.59 Å². The fourth-order valence-corrected chi connectivity index (χ4v) is 4.25. The van der Waals surface area contributed by atoms with Crippen LogP contribution in [0.2, 0.25) is 0 Å². The Morgan fingerprint density at radius 1 is 0.950 bits per heavy atom. The molecule has 2 N–H and O–H groups in total. The lowest BCUT2D eigenvalue weighted by Crippen LogP contribution is -2.48. The molecule has 4 heteroatoms. The molecule has 2 amide bonds. The summed E-state index contributed by atoms with van der Waals surface area (Å²) in [7, 11) is 1.61. The third-order valence-corrected chi connectivity index (χ3v) is 5.72. The third kappa shape index (κ3) is 2.45. The number of nitrogens with one attached hydrogen (secondary N) is 2. The molecular weight excluding hydrogens is 252 g/mol. The van der Waals surface area contributed by atoms with Gasteiger partial charge in [0.05, 0.1) is 0 Å². The summed E-state index contributed by atoms with van der Waals surface area (Å²) in [5, 5.41) is 5.80. The first-order valence-corrected chi connectivity index (χ1v) is 8.19. The number of amides is 2. The van der Waals surface area contributed by atoms with Crippen LogP contribution in [0.3, 0.4) is 0 Å². The predicted molar refractivity (Wildman–Crippen MR) is 77.0 cm³/mol. The molecule has 0 saturated heterocycles. The Balaban J connectivity index is 1.56. The van der Waals surface area contributed by atoms with Crippen molar-refractivity contribution in [2.75, 3.05) is 7.05 Å². The normalized spacial score (nSPS) is 34.8. The number of hydrogen-bond donors (Lipinski definition) is 2. The molecule has 0 aromatic heterocycles. The summed E-state index contributed by atoms with van der Waals surface area (Å²) >= 11 is 0. The molecule has 20 heavy (non-hydrogen) atoms. The first-order valence-electron chi connectivity index (χ1n) is 8.19. The van der Waals surface area contributed by atoms with E-state index in [0.29, 0.717) is 18.9 Å². The predicted octanol–water partition coefficient (Wildman–Crippen LogP) is 1.99. The van der Waals surface area contributed by atoms with Gasteiger partial charge in [0.15, 0.2) is 0 Å². The molecule has 3 rings (SSSR count). The molecule has 0 bridgehead atoms. The van der Waals surface area contributed by atoms with Gasteiger partial charge in [0.25, 0.3) is 0 Å². The molecule has 0 aromatic carbocycles. The van der Waals surface area contributed by atoms with E-state index in [0.717, 1.165) is 24.7 Å². The fourth-order valence-electron chi connectivity index (χ4n) is 4.25. The topological polar surface area (TPSA) is 58.2 Å². The van der Waals surface area contributed by atoms with E-state index < -0.39 is 5.41 Å². The molecule has 3 fully saturated rings. The third-order valence-electron chi connectivity index (χ3n) is 5.72. The summed E-state index contributed by atoms with van der Waals surface area (Å²) in [6, 6.07) is 0.295. The number of hydrogen-bond acceptors (Lipinski definition) is 2. The van der Waals surface area contributed by atoms with Crippen molar-refractivity contribution in [2.45, 2.75) is 63.8 Å². The van der Waals surface area contributed by atoms with Gasteiger partial charge < -0.3 is 10.6 Å². The minimum Gasteiger partial charge on any atom is -0.358 e. The van der Waals surface area contributed by atoms with Crippen LogP contribution in [0.1, 0.15) is 57.8 Å². The average molecular weight is 278 g/mol. The Morgan fingerprint density at radius 2 is 1.65 bits per heavy atom. The van der Waals surface area contributed by atoms with Gasteiger partial charge in [-0.15, -0.1) is 0 Å². The second-order valence-electron chi connectivity index (χ2n) is 6.95. The van der Waals surface area contributed by atoms with Crippen LogP contribution in [0.15, 0.2) is 0 Å². The van der Waals surface area contributed by atoms with Gasteiger partial charge in [-0.1, -0.05) is 25.7 Å². The van der Waals surface area contributed by atoms with Gasteiger partial charge in [-0.25, -0.2) is 0 Å². The van der Waals surface area contributed by atoms with E-state index in [1.165, 1.54) is 32.1 Å². The second-order valence-corrected chi connectivity index (χ2v) is 6.95. The molecular formula is C16H26N2O2. The Kier molecular flexibility index (Phi) is 3.74. The Bertz CT molecular complexity index is 403. The van der Waals surface area contributed by atoms with Crippen molar-refractivity contribution in [3.8, 4) is 0 Å². The molecule has 3 unspecified atom stereocenters. The van der Waals surface area contributed by atoms with Gasteiger partial charge in [-0.2, -0.15) is 0 Å². The van der Waals surface area contributed by atoms with Gasteiger partial charge in [0.2, 0.25) is 11.8 Å². The maximum absolute atomic E-state index is 12.4. The lowest BCUT2D eigenvalue weighted by Gasteiger charge is -2.39. The van der Waals surface area contributed by atoms with Crippen molar-refractivity contribution in [1.29, 1.82) is 0 Å². The largest absolute Gasteiger partial charge is 0.358 e. The first kappa shape index (κ1) is 13.9. The van der Waals surface area contributed by atoms with Crippen LogP contribution in [0.4, 0.5) is 0 Å². The zero-order valence-electron chi connectivity index (χ0n) is 12.4. The molecule has 0 aliphatic heterocycles. The lowest BCUT2D eigenvalue weighted by atomic mass is 9.69. The van der Waals surface area contributed by atoms with Crippen molar-refractivity contribution in [3.05, 3.63) is 0 Å². The number of carbonyl (C=O) groups is 2. The zero-order valence-corrected chi connectivity index (χ0v) is 12.4. The molecule has 0 heterocycles. The lowest BCUT2D eigenvalue weighted by molar-refractivity contribution is -0.137. The Morgan fingerprint density at radius 3 is 2.30 bits per heavy atom. The zero-order chi connectivity index (χ0) is 14.2. The molecule has 3 aliphatic carbocycles. The van der Waals surface area contributed by atoms with Crippen molar-refractivity contribution >= 4 is 11.8 Å². The number of fused-ring (bicyclic) bond motifs is 1. The quantitative estimate of drug-likeness (QED) is 0.776. The molecule has 3 saturated carbocycles. The maximum atomic E-state index is 12.4. The molecule has 0 radical (unpaired) electrons. The monoisotopic (exact) mass is 278 g/mol. The Hall–Kier alpha value is -1.06. The van der Waals surface area contributed by atoms with Crippen molar-refractivity contribution < 1.29 is 9.59 Å². The van der Waals surface area contributed by atoms with E-state index in [1.807, 2.05) is 0 Å². The SMILES string of the molecule is CNC(=O)C1(C(=O)NC2CCC3CCCCC3C2)CC1. The smallest absolute Gasteiger partial charge is 0.235 e. The summed E-state index contributed by atoms with van der Waals surface area (Å²) in [5.41, 5.74) is -0.738. The van der Waals surface area contributed by atoms with E-state index in [2.05, 4.69) is 10.6 Å². The van der Waals surface area contributed by atoms with Gasteiger partial charge >= 0.3 is 0 Å². The standard InChI is InChI=1S/C16H26N2O2/c1-17-14(19)16(8-9-16)15(20)18-13-7-6-11-4-2-3-5-12(11)10-13/h11-13H,2-10H2,1H3,(H,17,19)(H,18,20). The van der Waals surface area contributed by atoms with Crippen molar-refractivity contribution in [1.82, 2.24) is 10.6 Å². The van der Waals surface area contributed by atoms with Crippen LogP contribution < -0.4 is 10.6 Å². The van der Waals surface area contributed by atoms with Crippen LogP contribution in [0, 0.1) is 17.3 Å². The summed E-state index contributed by atoms with van der Waals surface area (Å²) in [4.78, 5) is 24.2. The van der Waals surface area contributed by atoms with E-state index in [-0.39, 0.29) is 11.8 Å². The van der Waals surface area contributed by atoms with Crippen LogP contribution in [-0.4, -0.2) is 24.9 Å². The van der Waals surface area contributed by atoms with Gasteiger partial charge in [-0.05, 0) is 43.9 Å². The van der Waals surface area contributed by atoms with Crippen LogP contribution >= 0.6 is 0 Å². The molecule has 0 spiro atoms. The van der Waals surface area contributed by atoms with Crippen molar-refractivity contribution in [2.24, 2.45) is 17.3 Å². The Labute approximate surface area is 121 Å². The first-order chi connectivity index (χ1) is 9.65. The summed E-state index contributed by atoms with van der Waals surface area (Å²) < 4.78 is 0. The molecule has 0 aromatic rings. The van der Waals surface area contributed by atoms with Gasteiger partial charge in [0, 0.05) is 13.1 Å². The van der Waals surface area contributed by atoms with Gasteiger partial charge in [-0.3, -0.25) is 9.59 Å². The average Bonchev–Trinajstić information content (AvgIpc) is 3.28. The van der Waals surface area contributed by atoms with Crippen LogP contribution in [0.25, 0.3) is 0 Å². The second kappa shape index (κ2) is 5.38. The van der Waals surface area contributed by atoms with Crippen LogP contribution in [0.5, 0.6) is 0 Å². The maximum Gasteiger partial charge on any atom is 0.235 e. The van der Waals surface area contributed by atoms with E-state index >= 15 is 0 Å². The fraction of sp³-hybridized carbons (Fsp3) is 0.875. The minimum atomic E-state index is -0.738. The molecule has 3 aliphatic rings. The minimum absolute atomic E-state index is 0.0314. The molecule has 3 atom stereocenters.